The maximum absolute atomic E-state index is 11.3. The molecule has 0 spiro atoms. The Kier molecular flexibility index (Phi) is 7.19. The van der Waals surface area contributed by atoms with Gasteiger partial charge in [0.25, 0.3) is 0 Å². The van der Waals surface area contributed by atoms with E-state index >= 15 is 0 Å². The van der Waals surface area contributed by atoms with E-state index in [-0.39, 0.29) is 11.4 Å². The number of carboxylic acid groups (broad SMARTS) is 1. The van der Waals surface area contributed by atoms with E-state index in [1.807, 2.05) is 36.4 Å². The normalized spacial score (nSPS) is 10.1. The largest absolute Gasteiger partial charge is 0.481 e. The van der Waals surface area contributed by atoms with Gasteiger partial charge in [0, 0.05) is 0 Å². The second-order valence-corrected chi connectivity index (χ2v) is 5.08. The lowest BCUT2D eigenvalue weighted by atomic mass is 9.93. The fourth-order valence-corrected chi connectivity index (χ4v) is 2.36. The third-order valence-corrected chi connectivity index (χ3v) is 3.60. The number of benzene rings is 2. The minimum atomic E-state index is -0.683. The molecule has 2 rings (SSSR count). The molecule has 112 valence electrons. The number of carboxylic acids is 1. The highest BCUT2D eigenvalue weighted by Crippen LogP contribution is 2.17. The molecule has 0 atom stereocenters. The summed E-state index contributed by atoms with van der Waals surface area (Å²) >= 11 is 0. The smallest absolute Gasteiger partial charge is 0.306 e. The van der Waals surface area contributed by atoms with Crippen molar-refractivity contribution in [3.05, 3.63) is 71.8 Å². The highest BCUT2D eigenvalue weighted by atomic mass is 16.4. The zero-order valence-electron chi connectivity index (χ0n) is 12.0. The summed E-state index contributed by atoms with van der Waals surface area (Å²) in [5.74, 6) is -0.952. The Hall–Kier alpha value is -2.13. The van der Waals surface area contributed by atoms with Crippen LogP contribution in [0.2, 0.25) is 0 Å². The first kappa shape index (κ1) is 16.9. The summed E-state index contributed by atoms with van der Waals surface area (Å²) in [5.41, 5.74) is 2.41. The summed E-state index contributed by atoms with van der Waals surface area (Å²) in [6.07, 6.45) is 3.05. The molecule has 0 aliphatic rings. The molecule has 0 aliphatic heterocycles. The third kappa shape index (κ3) is 5.79. The summed E-state index contributed by atoms with van der Waals surface area (Å²) in [4.78, 5) is 11.3. The van der Waals surface area contributed by atoms with E-state index in [0.717, 1.165) is 12.8 Å². The Morgan fingerprint density at radius 1 is 0.810 bits per heavy atom. The number of hydrogen-bond donors (Lipinski definition) is 1. The average Bonchev–Trinajstić information content (AvgIpc) is 2.49. The van der Waals surface area contributed by atoms with Gasteiger partial charge in [-0.15, -0.1) is 0 Å². The van der Waals surface area contributed by atoms with Crippen LogP contribution in [0, 0.1) is 5.92 Å². The second kappa shape index (κ2) is 8.93. The van der Waals surface area contributed by atoms with E-state index in [0.29, 0.717) is 12.8 Å². The highest BCUT2D eigenvalue weighted by Gasteiger charge is 2.17. The van der Waals surface area contributed by atoms with E-state index in [1.165, 1.54) is 11.1 Å². The molecule has 3 N–H and O–H groups in total. The van der Waals surface area contributed by atoms with Gasteiger partial charge in [0.2, 0.25) is 0 Å². The Labute approximate surface area is 125 Å². The number of hydrogen-bond acceptors (Lipinski definition) is 1. The van der Waals surface area contributed by atoms with Crippen LogP contribution in [0.4, 0.5) is 0 Å². The summed E-state index contributed by atoms with van der Waals surface area (Å²) < 4.78 is 0. The van der Waals surface area contributed by atoms with Crippen LogP contribution < -0.4 is 0 Å². The van der Waals surface area contributed by atoms with Gasteiger partial charge in [-0.2, -0.15) is 0 Å². The maximum atomic E-state index is 11.3. The Morgan fingerprint density at radius 2 is 1.19 bits per heavy atom. The molecule has 0 radical (unpaired) electrons. The standard InChI is InChI=1S/C18H20O2.H2O/c19-18(20)17(13-11-15-7-3-1-4-8-15)14-12-16-9-5-2-6-10-16;/h1-10,17H,11-14H2,(H,19,20);1H2. The van der Waals surface area contributed by atoms with Crippen molar-refractivity contribution in [3.63, 3.8) is 0 Å². The van der Waals surface area contributed by atoms with Crippen LogP contribution in [0.5, 0.6) is 0 Å². The Balaban J connectivity index is 0.00000220. The van der Waals surface area contributed by atoms with Crippen LogP contribution in [0.1, 0.15) is 24.0 Å². The quantitative estimate of drug-likeness (QED) is 0.849. The molecule has 3 nitrogen and oxygen atoms in total. The molecule has 2 aromatic rings. The SMILES string of the molecule is O.O=C(O)C(CCc1ccccc1)CCc1ccccc1. The van der Waals surface area contributed by atoms with Crippen LogP contribution in [-0.4, -0.2) is 16.6 Å². The van der Waals surface area contributed by atoms with Crippen LogP contribution >= 0.6 is 0 Å². The van der Waals surface area contributed by atoms with E-state index < -0.39 is 5.97 Å². The zero-order chi connectivity index (χ0) is 14.2. The first-order valence-electron chi connectivity index (χ1n) is 7.06. The number of carbonyl (C=O) groups is 1. The van der Waals surface area contributed by atoms with Crippen LogP contribution in [0.25, 0.3) is 0 Å². The van der Waals surface area contributed by atoms with Crippen molar-refractivity contribution < 1.29 is 15.4 Å². The Bertz CT molecular complexity index is 479. The lowest BCUT2D eigenvalue weighted by molar-refractivity contribution is -0.142. The summed E-state index contributed by atoms with van der Waals surface area (Å²) in [5, 5.41) is 9.33. The van der Waals surface area contributed by atoms with E-state index in [9.17, 15) is 9.90 Å². The summed E-state index contributed by atoms with van der Waals surface area (Å²) in [6.45, 7) is 0. The molecule has 0 unspecified atom stereocenters. The molecule has 0 fully saturated rings. The van der Waals surface area contributed by atoms with Crippen LogP contribution in [-0.2, 0) is 17.6 Å². The van der Waals surface area contributed by atoms with Gasteiger partial charge in [-0.05, 0) is 36.8 Å². The molecule has 3 heteroatoms. The first-order valence-corrected chi connectivity index (χ1v) is 7.06. The van der Waals surface area contributed by atoms with Gasteiger partial charge in [0.1, 0.15) is 0 Å². The van der Waals surface area contributed by atoms with Crippen molar-refractivity contribution in [2.75, 3.05) is 0 Å². The van der Waals surface area contributed by atoms with Gasteiger partial charge in [0.05, 0.1) is 5.92 Å². The molecule has 0 amide bonds. The second-order valence-electron chi connectivity index (χ2n) is 5.08. The molecule has 2 aromatic carbocycles. The lowest BCUT2D eigenvalue weighted by Crippen LogP contribution is -2.15. The average molecular weight is 286 g/mol. The Morgan fingerprint density at radius 3 is 1.52 bits per heavy atom. The number of aryl methyl sites for hydroxylation is 2. The fraction of sp³-hybridized carbons (Fsp3) is 0.278. The zero-order valence-corrected chi connectivity index (χ0v) is 12.0. The first-order chi connectivity index (χ1) is 9.75. The fourth-order valence-electron chi connectivity index (χ4n) is 2.36. The predicted molar refractivity (Wildman–Crippen MR) is 84.3 cm³/mol. The van der Waals surface area contributed by atoms with Crippen LogP contribution in [0.3, 0.4) is 0 Å². The van der Waals surface area contributed by atoms with Gasteiger partial charge in [0.15, 0.2) is 0 Å². The van der Waals surface area contributed by atoms with Crippen molar-refractivity contribution in [3.8, 4) is 0 Å². The van der Waals surface area contributed by atoms with Crippen molar-refractivity contribution in [2.45, 2.75) is 25.7 Å². The van der Waals surface area contributed by atoms with E-state index in [1.54, 1.807) is 0 Å². The van der Waals surface area contributed by atoms with Gasteiger partial charge in [-0.1, -0.05) is 60.7 Å². The van der Waals surface area contributed by atoms with Gasteiger partial charge >= 0.3 is 5.97 Å². The molecule has 0 saturated carbocycles. The topological polar surface area (TPSA) is 68.8 Å². The maximum Gasteiger partial charge on any atom is 0.306 e. The van der Waals surface area contributed by atoms with Crippen molar-refractivity contribution >= 4 is 5.97 Å². The molecule has 0 saturated heterocycles. The van der Waals surface area contributed by atoms with E-state index in [2.05, 4.69) is 24.3 Å². The molecule has 21 heavy (non-hydrogen) atoms. The summed E-state index contributed by atoms with van der Waals surface area (Å²) in [7, 11) is 0. The van der Waals surface area contributed by atoms with Crippen molar-refractivity contribution in [2.24, 2.45) is 5.92 Å². The molecular formula is C18H22O3. The lowest BCUT2D eigenvalue weighted by Gasteiger charge is -2.12. The van der Waals surface area contributed by atoms with Crippen molar-refractivity contribution in [1.82, 2.24) is 0 Å². The molecule has 0 aromatic heterocycles. The van der Waals surface area contributed by atoms with E-state index in [4.69, 9.17) is 0 Å². The van der Waals surface area contributed by atoms with Gasteiger partial charge in [-0.3, -0.25) is 4.79 Å². The van der Waals surface area contributed by atoms with Crippen molar-refractivity contribution in [1.29, 1.82) is 0 Å². The minimum absolute atomic E-state index is 0. The highest BCUT2D eigenvalue weighted by molar-refractivity contribution is 5.70. The minimum Gasteiger partial charge on any atom is -0.481 e. The predicted octanol–water partition coefficient (Wildman–Crippen LogP) is 3.13. The third-order valence-electron chi connectivity index (χ3n) is 3.60. The molecule has 0 aliphatic carbocycles. The number of rotatable bonds is 7. The summed E-state index contributed by atoms with van der Waals surface area (Å²) in [6, 6.07) is 20.1. The molecule has 0 heterocycles. The van der Waals surface area contributed by atoms with Gasteiger partial charge in [-0.25, -0.2) is 0 Å². The molecule has 0 bridgehead atoms. The number of aliphatic carboxylic acids is 1. The van der Waals surface area contributed by atoms with Gasteiger partial charge < -0.3 is 10.6 Å². The van der Waals surface area contributed by atoms with Crippen LogP contribution in [0.15, 0.2) is 60.7 Å². The monoisotopic (exact) mass is 286 g/mol. The molecular weight excluding hydrogens is 264 g/mol.